The summed E-state index contributed by atoms with van der Waals surface area (Å²) in [6.45, 7) is 6.68. The molecule has 30 heavy (non-hydrogen) atoms. The van der Waals surface area contributed by atoms with Gasteiger partial charge in [-0.15, -0.1) is 0 Å². The lowest BCUT2D eigenvalue weighted by atomic mass is 10.0. The molecule has 4 rings (SSSR count). The van der Waals surface area contributed by atoms with E-state index in [4.69, 9.17) is 13.9 Å². The van der Waals surface area contributed by atoms with E-state index in [1.54, 1.807) is 18.2 Å². The van der Waals surface area contributed by atoms with Gasteiger partial charge in [0.05, 0.1) is 5.39 Å². The topological polar surface area (TPSA) is 48.7 Å². The zero-order chi connectivity index (χ0) is 21.1. The van der Waals surface area contributed by atoms with Crippen LogP contribution < -0.4 is 14.9 Å². The van der Waals surface area contributed by atoms with Gasteiger partial charge in [-0.05, 0) is 47.7 Å². The molecule has 1 aromatic heterocycles. The summed E-state index contributed by atoms with van der Waals surface area (Å²) in [5.41, 5.74) is 3.59. The number of hydrogen-bond donors (Lipinski definition) is 0. The summed E-state index contributed by atoms with van der Waals surface area (Å²) in [7, 11) is 0. The first-order valence-corrected chi connectivity index (χ1v) is 10.0. The van der Waals surface area contributed by atoms with Gasteiger partial charge in [0.15, 0.2) is 0 Å². The third-order valence-corrected chi connectivity index (χ3v) is 5.13. The van der Waals surface area contributed by atoms with Crippen LogP contribution in [0.25, 0.3) is 11.0 Å². The fourth-order valence-corrected chi connectivity index (χ4v) is 3.35. The Morgan fingerprint density at radius 3 is 2.50 bits per heavy atom. The van der Waals surface area contributed by atoms with Crippen LogP contribution in [0.4, 0.5) is 0 Å². The van der Waals surface area contributed by atoms with Crippen molar-refractivity contribution in [3.8, 4) is 17.2 Å². The number of benzene rings is 3. The Morgan fingerprint density at radius 1 is 0.933 bits per heavy atom. The first kappa shape index (κ1) is 19.8. The van der Waals surface area contributed by atoms with Crippen LogP contribution in [-0.4, -0.2) is 0 Å². The maximum atomic E-state index is 12.9. The van der Waals surface area contributed by atoms with E-state index in [9.17, 15) is 4.79 Å². The maximum Gasteiger partial charge on any atom is 0.235 e. The summed E-state index contributed by atoms with van der Waals surface area (Å²) in [6.07, 6.45) is 1.37. The highest BCUT2D eigenvalue weighted by Gasteiger charge is 2.13. The third kappa shape index (κ3) is 4.08. The predicted molar refractivity (Wildman–Crippen MR) is 119 cm³/mol. The summed E-state index contributed by atoms with van der Waals surface area (Å²) < 4.78 is 17.5. The van der Waals surface area contributed by atoms with E-state index >= 15 is 0 Å². The molecule has 1 heterocycles. The van der Waals surface area contributed by atoms with E-state index in [-0.39, 0.29) is 17.1 Å². The van der Waals surface area contributed by atoms with Gasteiger partial charge in [0.1, 0.15) is 30.0 Å². The van der Waals surface area contributed by atoms with Gasteiger partial charge in [-0.1, -0.05) is 56.3 Å². The number of ether oxygens (including phenoxy) is 2. The van der Waals surface area contributed by atoms with Crippen LogP contribution in [0, 0.1) is 6.92 Å². The quantitative estimate of drug-likeness (QED) is 0.366. The van der Waals surface area contributed by atoms with Gasteiger partial charge in [-0.3, -0.25) is 4.79 Å². The molecule has 0 fully saturated rings. The molecular weight excluding hydrogens is 376 g/mol. The molecule has 3 aromatic carbocycles. The van der Waals surface area contributed by atoms with Crippen molar-refractivity contribution in [2.75, 3.05) is 0 Å². The summed E-state index contributed by atoms with van der Waals surface area (Å²) >= 11 is 0. The fraction of sp³-hybridized carbons (Fsp3) is 0.192. The number of para-hydroxylation sites is 1. The van der Waals surface area contributed by atoms with E-state index in [1.165, 1.54) is 11.8 Å². The normalized spacial score (nSPS) is 11.1. The number of rotatable bonds is 6. The molecule has 0 spiro atoms. The van der Waals surface area contributed by atoms with Crippen LogP contribution in [0.2, 0.25) is 0 Å². The molecule has 0 atom stereocenters. The Hall–Kier alpha value is -3.53. The van der Waals surface area contributed by atoms with Gasteiger partial charge in [-0.2, -0.15) is 0 Å². The smallest absolute Gasteiger partial charge is 0.235 e. The lowest BCUT2D eigenvalue weighted by Gasteiger charge is -2.13. The molecule has 0 saturated heterocycles. The zero-order valence-electron chi connectivity index (χ0n) is 17.3. The summed E-state index contributed by atoms with van der Waals surface area (Å²) in [5.74, 6) is 1.76. The molecule has 0 aliphatic rings. The average Bonchev–Trinajstić information content (AvgIpc) is 2.75. The van der Waals surface area contributed by atoms with Gasteiger partial charge < -0.3 is 13.9 Å². The highest BCUT2D eigenvalue weighted by molar-refractivity contribution is 5.79. The van der Waals surface area contributed by atoms with Crippen molar-refractivity contribution in [1.82, 2.24) is 0 Å². The van der Waals surface area contributed by atoms with E-state index in [0.29, 0.717) is 29.1 Å². The number of fused-ring (bicyclic) bond motifs is 1. The van der Waals surface area contributed by atoms with Crippen molar-refractivity contribution in [2.24, 2.45) is 0 Å². The molecule has 0 unspecified atom stereocenters. The monoisotopic (exact) mass is 400 g/mol. The lowest BCUT2D eigenvalue weighted by Crippen LogP contribution is -2.06. The molecule has 0 aliphatic carbocycles. The molecular formula is C26H24O4. The summed E-state index contributed by atoms with van der Waals surface area (Å²) in [5, 5.41) is 0.456. The van der Waals surface area contributed by atoms with Gasteiger partial charge in [-0.25, -0.2) is 0 Å². The van der Waals surface area contributed by atoms with Crippen molar-refractivity contribution < 1.29 is 13.9 Å². The summed E-state index contributed by atoms with van der Waals surface area (Å²) in [6, 6.07) is 21.0. The highest BCUT2D eigenvalue weighted by Crippen LogP contribution is 2.30. The molecule has 4 heteroatoms. The van der Waals surface area contributed by atoms with E-state index in [0.717, 1.165) is 11.1 Å². The Labute approximate surface area is 175 Å². The number of aryl methyl sites for hydroxylation is 1. The molecule has 4 aromatic rings. The molecule has 0 saturated carbocycles. The van der Waals surface area contributed by atoms with E-state index in [1.807, 2.05) is 42.5 Å². The molecule has 0 amide bonds. The minimum atomic E-state index is -0.208. The van der Waals surface area contributed by atoms with E-state index < -0.39 is 0 Å². The second-order valence-electron chi connectivity index (χ2n) is 7.60. The highest BCUT2D eigenvalue weighted by atomic mass is 16.5. The molecule has 152 valence electrons. The van der Waals surface area contributed by atoms with Crippen LogP contribution in [0.1, 0.15) is 36.5 Å². The SMILES string of the molecule is Cc1ccccc1COc1ccc2c(=O)c(Oc3ccccc3C(C)C)coc2c1. The van der Waals surface area contributed by atoms with Gasteiger partial charge in [0.25, 0.3) is 0 Å². The Morgan fingerprint density at radius 2 is 1.70 bits per heavy atom. The molecule has 0 bridgehead atoms. The van der Waals surface area contributed by atoms with Gasteiger partial charge in [0.2, 0.25) is 11.2 Å². The minimum absolute atomic E-state index is 0.171. The fourth-order valence-electron chi connectivity index (χ4n) is 3.35. The first-order valence-electron chi connectivity index (χ1n) is 10.0. The third-order valence-electron chi connectivity index (χ3n) is 5.13. The molecule has 0 radical (unpaired) electrons. The predicted octanol–water partition coefficient (Wildman–Crippen LogP) is 6.60. The van der Waals surface area contributed by atoms with Crippen LogP contribution in [0.3, 0.4) is 0 Å². The Kier molecular flexibility index (Phi) is 5.57. The van der Waals surface area contributed by atoms with Crippen molar-refractivity contribution in [2.45, 2.75) is 33.3 Å². The van der Waals surface area contributed by atoms with Crippen molar-refractivity contribution >= 4 is 11.0 Å². The van der Waals surface area contributed by atoms with Crippen LogP contribution in [0.15, 0.2) is 82.2 Å². The van der Waals surface area contributed by atoms with Gasteiger partial charge in [0, 0.05) is 6.07 Å². The zero-order valence-corrected chi connectivity index (χ0v) is 17.3. The van der Waals surface area contributed by atoms with Crippen molar-refractivity contribution in [3.05, 3.63) is 99.9 Å². The lowest BCUT2D eigenvalue weighted by molar-refractivity contribution is 0.305. The molecule has 4 nitrogen and oxygen atoms in total. The molecule has 0 aliphatic heterocycles. The van der Waals surface area contributed by atoms with E-state index in [2.05, 4.69) is 26.8 Å². The average molecular weight is 400 g/mol. The van der Waals surface area contributed by atoms with Crippen LogP contribution in [-0.2, 0) is 6.61 Å². The van der Waals surface area contributed by atoms with Crippen molar-refractivity contribution in [1.29, 1.82) is 0 Å². The first-order chi connectivity index (χ1) is 14.5. The second kappa shape index (κ2) is 8.46. The maximum absolute atomic E-state index is 12.9. The number of hydrogen-bond acceptors (Lipinski definition) is 4. The summed E-state index contributed by atoms with van der Waals surface area (Å²) in [4.78, 5) is 12.9. The van der Waals surface area contributed by atoms with Crippen LogP contribution >= 0.6 is 0 Å². The minimum Gasteiger partial charge on any atom is -0.489 e. The largest absolute Gasteiger partial charge is 0.489 e. The standard InChI is InChI=1S/C26H24O4/c1-17(2)21-10-6-7-11-23(21)30-25-16-29-24-14-20(12-13-22(24)26(25)27)28-15-19-9-5-4-8-18(19)3/h4-14,16-17H,15H2,1-3H3. The Bertz CT molecular complexity index is 1240. The van der Waals surface area contributed by atoms with Crippen LogP contribution in [0.5, 0.6) is 17.2 Å². The van der Waals surface area contributed by atoms with Crippen molar-refractivity contribution in [3.63, 3.8) is 0 Å². The molecule has 0 N–H and O–H groups in total. The second-order valence-corrected chi connectivity index (χ2v) is 7.60. The Balaban J connectivity index is 1.59. The van der Waals surface area contributed by atoms with Gasteiger partial charge >= 0.3 is 0 Å².